The Hall–Kier alpha value is -1.20. The molecule has 18 heavy (non-hydrogen) atoms. The first-order valence-electron chi connectivity index (χ1n) is 6.54. The van der Waals surface area contributed by atoms with Crippen molar-refractivity contribution in [3.63, 3.8) is 0 Å². The first kappa shape index (κ1) is 11.9. The van der Waals surface area contributed by atoms with Crippen molar-refractivity contribution in [3.05, 3.63) is 23.4 Å². The molecule has 0 aliphatic carbocycles. The summed E-state index contributed by atoms with van der Waals surface area (Å²) < 4.78 is 5.41. The molecule has 1 saturated heterocycles. The molecule has 0 aromatic carbocycles. The van der Waals surface area contributed by atoms with Crippen molar-refractivity contribution < 1.29 is 4.52 Å². The van der Waals surface area contributed by atoms with Gasteiger partial charge in [0.2, 0.25) is 11.7 Å². The van der Waals surface area contributed by atoms with E-state index in [9.17, 15) is 0 Å². The molecule has 1 fully saturated rings. The predicted octanol–water partition coefficient (Wildman–Crippen LogP) is 3.39. The Morgan fingerprint density at radius 1 is 1.28 bits per heavy atom. The molecule has 2 aromatic heterocycles. The lowest BCUT2D eigenvalue weighted by Gasteiger charge is -2.17. The Balaban J connectivity index is 1.75. The summed E-state index contributed by atoms with van der Waals surface area (Å²) in [5, 5.41) is 9.60. The largest absolute Gasteiger partial charge is 0.337 e. The minimum atomic E-state index is 0.228. The first-order valence-corrected chi connectivity index (χ1v) is 7.42. The van der Waals surface area contributed by atoms with Gasteiger partial charge in [-0.3, -0.25) is 0 Å². The Labute approximate surface area is 110 Å². The van der Waals surface area contributed by atoms with Crippen LogP contribution in [0.4, 0.5) is 0 Å². The zero-order valence-electron chi connectivity index (χ0n) is 10.3. The van der Waals surface area contributed by atoms with Crippen LogP contribution in [-0.2, 0) is 0 Å². The summed E-state index contributed by atoms with van der Waals surface area (Å²) in [5.74, 6) is 1.45. The molecule has 0 amide bonds. The lowest BCUT2D eigenvalue weighted by Crippen LogP contribution is -2.24. The summed E-state index contributed by atoms with van der Waals surface area (Å²) in [5.41, 5.74) is 0. The van der Waals surface area contributed by atoms with Gasteiger partial charge in [-0.05, 0) is 30.8 Å². The first-order chi connectivity index (χ1) is 8.93. The van der Waals surface area contributed by atoms with Crippen LogP contribution < -0.4 is 5.32 Å². The summed E-state index contributed by atoms with van der Waals surface area (Å²) in [4.78, 5) is 5.58. The maximum Gasteiger partial charge on any atom is 0.244 e. The fraction of sp³-hybridized carbons (Fsp3) is 0.538. The molecule has 0 radical (unpaired) electrons. The van der Waals surface area contributed by atoms with E-state index in [1.807, 2.05) is 17.5 Å². The van der Waals surface area contributed by atoms with Crippen LogP contribution in [0.3, 0.4) is 0 Å². The van der Waals surface area contributed by atoms with Gasteiger partial charge >= 0.3 is 0 Å². The molecule has 2 aromatic rings. The number of aromatic nitrogens is 2. The maximum absolute atomic E-state index is 5.41. The summed E-state index contributed by atoms with van der Waals surface area (Å²) >= 11 is 1.64. The highest BCUT2D eigenvalue weighted by Crippen LogP contribution is 2.25. The van der Waals surface area contributed by atoms with E-state index in [1.165, 1.54) is 25.7 Å². The van der Waals surface area contributed by atoms with Gasteiger partial charge in [-0.15, -0.1) is 11.3 Å². The molecule has 5 heteroatoms. The zero-order valence-corrected chi connectivity index (χ0v) is 11.1. The van der Waals surface area contributed by atoms with Crippen LogP contribution >= 0.6 is 11.3 Å². The fourth-order valence-corrected chi connectivity index (χ4v) is 2.95. The van der Waals surface area contributed by atoms with Gasteiger partial charge in [0.1, 0.15) is 0 Å². The minimum absolute atomic E-state index is 0.228. The van der Waals surface area contributed by atoms with Gasteiger partial charge in [-0.1, -0.05) is 30.5 Å². The fourth-order valence-electron chi connectivity index (χ4n) is 2.30. The summed E-state index contributed by atoms with van der Waals surface area (Å²) in [6, 6.07) is 4.25. The van der Waals surface area contributed by atoms with Crippen LogP contribution in [0.5, 0.6) is 0 Å². The third kappa shape index (κ3) is 2.62. The third-order valence-corrected chi connectivity index (χ3v) is 4.16. The topological polar surface area (TPSA) is 51.0 Å². The monoisotopic (exact) mass is 263 g/mol. The number of hydrogen-bond acceptors (Lipinski definition) is 5. The highest BCUT2D eigenvalue weighted by molar-refractivity contribution is 7.13. The molecule has 3 heterocycles. The van der Waals surface area contributed by atoms with Gasteiger partial charge in [0.15, 0.2) is 0 Å². The predicted molar refractivity (Wildman–Crippen MR) is 71.4 cm³/mol. The average Bonchev–Trinajstić information content (AvgIpc) is 2.98. The van der Waals surface area contributed by atoms with Crippen LogP contribution in [-0.4, -0.2) is 16.7 Å². The molecule has 1 aliphatic heterocycles. The van der Waals surface area contributed by atoms with Crippen LogP contribution in [0.1, 0.15) is 44.0 Å². The Kier molecular flexibility index (Phi) is 3.71. The normalized spacial score (nSPS) is 21.4. The van der Waals surface area contributed by atoms with Crippen LogP contribution in [0.2, 0.25) is 0 Å². The van der Waals surface area contributed by atoms with E-state index in [1.54, 1.807) is 11.3 Å². The quantitative estimate of drug-likeness (QED) is 0.902. The number of hydrogen-bond donors (Lipinski definition) is 1. The van der Waals surface area contributed by atoms with E-state index < -0.39 is 0 Å². The maximum atomic E-state index is 5.41. The van der Waals surface area contributed by atoms with Crippen molar-refractivity contribution >= 4 is 11.3 Å². The van der Waals surface area contributed by atoms with Gasteiger partial charge in [0.05, 0.1) is 10.9 Å². The zero-order chi connectivity index (χ0) is 12.2. The molecule has 1 atom stereocenters. The van der Waals surface area contributed by atoms with Crippen molar-refractivity contribution in [1.29, 1.82) is 0 Å². The van der Waals surface area contributed by atoms with Crippen molar-refractivity contribution in [2.24, 2.45) is 0 Å². The molecule has 4 nitrogen and oxygen atoms in total. The molecular weight excluding hydrogens is 246 g/mol. The van der Waals surface area contributed by atoms with E-state index in [0.29, 0.717) is 5.82 Å². The van der Waals surface area contributed by atoms with Crippen molar-refractivity contribution in [3.8, 4) is 10.7 Å². The second kappa shape index (κ2) is 5.63. The second-order valence-electron chi connectivity index (χ2n) is 4.64. The third-order valence-electron chi connectivity index (χ3n) is 3.29. The van der Waals surface area contributed by atoms with Crippen molar-refractivity contribution in [1.82, 2.24) is 15.5 Å². The second-order valence-corrected chi connectivity index (χ2v) is 5.59. The Bertz CT molecular complexity index is 472. The minimum Gasteiger partial charge on any atom is -0.337 e. The van der Waals surface area contributed by atoms with Gasteiger partial charge in [-0.25, -0.2) is 0 Å². The number of nitrogens with one attached hydrogen (secondary N) is 1. The summed E-state index contributed by atoms with van der Waals surface area (Å²) in [6.07, 6.45) is 6.19. The van der Waals surface area contributed by atoms with Crippen molar-refractivity contribution in [2.75, 3.05) is 6.54 Å². The summed E-state index contributed by atoms with van der Waals surface area (Å²) in [7, 11) is 0. The molecule has 96 valence electrons. The van der Waals surface area contributed by atoms with E-state index in [4.69, 9.17) is 4.52 Å². The molecule has 1 unspecified atom stereocenters. The SMILES string of the molecule is c1csc(-c2noc(C3CCCCCCN3)n2)c1. The average molecular weight is 263 g/mol. The molecular formula is C13H17N3OS. The lowest BCUT2D eigenvalue weighted by atomic mass is 10.0. The standard InChI is InChI=1S/C13H17N3OS/c1-2-4-8-14-10(6-3-1)13-15-12(16-17-13)11-7-5-9-18-11/h5,7,9-10,14H,1-4,6,8H2. The number of thiophene rings is 1. The van der Waals surface area contributed by atoms with E-state index in [-0.39, 0.29) is 6.04 Å². The molecule has 1 aliphatic rings. The Morgan fingerprint density at radius 2 is 2.22 bits per heavy atom. The number of rotatable bonds is 2. The molecule has 0 saturated carbocycles. The number of nitrogens with zero attached hydrogens (tertiary/aromatic N) is 2. The van der Waals surface area contributed by atoms with Gasteiger partial charge in [0.25, 0.3) is 0 Å². The molecule has 3 rings (SSSR count). The van der Waals surface area contributed by atoms with Crippen LogP contribution in [0.15, 0.2) is 22.0 Å². The van der Waals surface area contributed by atoms with Gasteiger partial charge in [0, 0.05) is 0 Å². The highest BCUT2D eigenvalue weighted by atomic mass is 32.1. The smallest absolute Gasteiger partial charge is 0.244 e. The highest BCUT2D eigenvalue weighted by Gasteiger charge is 2.20. The van der Waals surface area contributed by atoms with E-state index >= 15 is 0 Å². The molecule has 0 bridgehead atoms. The van der Waals surface area contributed by atoms with Crippen LogP contribution in [0.25, 0.3) is 10.7 Å². The summed E-state index contributed by atoms with van der Waals surface area (Å²) in [6.45, 7) is 1.04. The van der Waals surface area contributed by atoms with E-state index in [2.05, 4.69) is 15.5 Å². The van der Waals surface area contributed by atoms with Gasteiger partial charge in [-0.2, -0.15) is 4.98 Å². The molecule has 0 spiro atoms. The Morgan fingerprint density at radius 3 is 3.11 bits per heavy atom. The van der Waals surface area contributed by atoms with E-state index in [0.717, 1.165) is 23.7 Å². The van der Waals surface area contributed by atoms with Crippen molar-refractivity contribution in [2.45, 2.75) is 38.1 Å². The lowest BCUT2D eigenvalue weighted by molar-refractivity contribution is 0.307. The van der Waals surface area contributed by atoms with Crippen LogP contribution in [0, 0.1) is 0 Å². The van der Waals surface area contributed by atoms with Gasteiger partial charge < -0.3 is 9.84 Å². The molecule has 1 N–H and O–H groups in total.